The highest BCUT2D eigenvalue weighted by atomic mass is 16.4. The third-order valence-corrected chi connectivity index (χ3v) is 6.52. The lowest BCUT2D eigenvalue weighted by Gasteiger charge is -2.39. The van der Waals surface area contributed by atoms with Gasteiger partial charge in [-0.15, -0.1) is 0 Å². The molecule has 6 heteroatoms. The highest BCUT2D eigenvalue weighted by Crippen LogP contribution is 2.43. The standard InChI is InChI=1S/C19H28N4O2/c1-13-10-15(14-4-3-5-14)21-18(20-13)23-8-6-19(7-9-23)11-16(17(24)25)22(2)12-19/h10,14,16H,3-9,11-12H2,1-2H3,(H,24,25)/t16-/m0/s1. The first kappa shape index (κ1) is 16.8. The monoisotopic (exact) mass is 344 g/mol. The van der Waals surface area contributed by atoms with Crippen molar-refractivity contribution in [2.75, 3.05) is 31.6 Å². The number of likely N-dealkylation sites (tertiary alicyclic amines) is 1. The van der Waals surface area contributed by atoms with Gasteiger partial charge in [-0.05, 0) is 57.6 Å². The predicted molar refractivity (Wildman–Crippen MR) is 95.9 cm³/mol. The highest BCUT2D eigenvalue weighted by molar-refractivity contribution is 5.74. The molecule has 0 amide bonds. The lowest BCUT2D eigenvalue weighted by Crippen LogP contribution is -2.42. The quantitative estimate of drug-likeness (QED) is 0.908. The van der Waals surface area contributed by atoms with Crippen LogP contribution in [0.2, 0.25) is 0 Å². The SMILES string of the molecule is Cc1cc(C2CCC2)nc(N2CCC3(CC2)C[C@@H](C(=O)O)N(C)C3)n1. The summed E-state index contributed by atoms with van der Waals surface area (Å²) in [5, 5.41) is 9.40. The second-order valence-electron chi connectivity index (χ2n) is 8.32. The number of aliphatic carboxylic acids is 1. The summed E-state index contributed by atoms with van der Waals surface area (Å²) < 4.78 is 0. The van der Waals surface area contributed by atoms with Crippen LogP contribution >= 0.6 is 0 Å². The third-order valence-electron chi connectivity index (χ3n) is 6.52. The van der Waals surface area contributed by atoms with E-state index in [1.807, 2.05) is 11.9 Å². The van der Waals surface area contributed by atoms with Gasteiger partial charge in [0, 0.05) is 36.9 Å². The van der Waals surface area contributed by atoms with Crippen LogP contribution in [0.25, 0.3) is 0 Å². The molecule has 4 rings (SSSR count). The molecule has 3 aliphatic rings. The van der Waals surface area contributed by atoms with E-state index in [0.29, 0.717) is 5.92 Å². The van der Waals surface area contributed by atoms with E-state index in [2.05, 4.69) is 22.9 Å². The molecule has 6 nitrogen and oxygen atoms in total. The van der Waals surface area contributed by atoms with Gasteiger partial charge in [0.05, 0.1) is 0 Å². The molecule has 25 heavy (non-hydrogen) atoms. The second kappa shape index (κ2) is 6.24. The van der Waals surface area contributed by atoms with Crippen LogP contribution in [-0.4, -0.2) is 58.7 Å². The molecule has 1 aliphatic carbocycles. The number of hydrogen-bond donors (Lipinski definition) is 1. The Hall–Kier alpha value is -1.69. The number of hydrogen-bond acceptors (Lipinski definition) is 5. The topological polar surface area (TPSA) is 69.6 Å². The molecular formula is C19H28N4O2. The van der Waals surface area contributed by atoms with Crippen LogP contribution in [0.4, 0.5) is 5.95 Å². The molecule has 136 valence electrons. The molecule has 0 unspecified atom stereocenters. The molecular weight excluding hydrogens is 316 g/mol. The zero-order chi connectivity index (χ0) is 17.6. The van der Waals surface area contributed by atoms with E-state index in [9.17, 15) is 9.90 Å². The summed E-state index contributed by atoms with van der Waals surface area (Å²) in [5.41, 5.74) is 2.41. The molecule has 1 aromatic heterocycles. The van der Waals surface area contributed by atoms with Crippen molar-refractivity contribution in [1.29, 1.82) is 0 Å². The minimum absolute atomic E-state index is 0.148. The van der Waals surface area contributed by atoms with E-state index in [0.717, 1.165) is 50.5 Å². The van der Waals surface area contributed by atoms with Crippen molar-refractivity contribution in [1.82, 2.24) is 14.9 Å². The van der Waals surface area contributed by atoms with E-state index in [4.69, 9.17) is 4.98 Å². The number of aromatic nitrogens is 2. The summed E-state index contributed by atoms with van der Waals surface area (Å²) in [6.07, 6.45) is 6.64. The van der Waals surface area contributed by atoms with Gasteiger partial charge in [-0.1, -0.05) is 6.42 Å². The number of carboxylic acids is 1. The zero-order valence-corrected chi connectivity index (χ0v) is 15.2. The Bertz CT molecular complexity index is 665. The number of nitrogens with zero attached hydrogens (tertiary/aromatic N) is 4. The lowest BCUT2D eigenvalue weighted by molar-refractivity contribution is -0.141. The average molecular weight is 344 g/mol. The fraction of sp³-hybridized carbons (Fsp3) is 0.737. The van der Waals surface area contributed by atoms with Gasteiger partial charge < -0.3 is 10.0 Å². The largest absolute Gasteiger partial charge is 0.480 e. The van der Waals surface area contributed by atoms with Crippen LogP contribution in [0.1, 0.15) is 55.8 Å². The van der Waals surface area contributed by atoms with Crippen LogP contribution in [0.3, 0.4) is 0 Å². The number of carboxylic acid groups (broad SMARTS) is 1. The van der Waals surface area contributed by atoms with Gasteiger partial charge in [0.15, 0.2) is 0 Å². The maximum Gasteiger partial charge on any atom is 0.320 e. The first-order valence-electron chi connectivity index (χ1n) is 9.49. The summed E-state index contributed by atoms with van der Waals surface area (Å²) in [4.78, 5) is 25.3. The maximum absolute atomic E-state index is 11.4. The van der Waals surface area contributed by atoms with Gasteiger partial charge in [-0.25, -0.2) is 9.97 Å². The molecule has 2 saturated heterocycles. The molecule has 1 spiro atoms. The number of piperidine rings is 1. The predicted octanol–water partition coefficient (Wildman–Crippen LogP) is 2.43. The summed E-state index contributed by atoms with van der Waals surface area (Å²) in [5.74, 6) is 0.809. The Kier molecular flexibility index (Phi) is 4.18. The normalized spacial score (nSPS) is 26.8. The first-order valence-corrected chi connectivity index (χ1v) is 9.49. The fourth-order valence-corrected chi connectivity index (χ4v) is 4.72. The highest BCUT2D eigenvalue weighted by Gasteiger charge is 2.47. The van der Waals surface area contributed by atoms with Crippen molar-refractivity contribution in [3.05, 3.63) is 17.5 Å². The Morgan fingerprint density at radius 3 is 2.56 bits per heavy atom. The van der Waals surface area contributed by atoms with Gasteiger partial charge in [0.1, 0.15) is 6.04 Å². The Balaban J connectivity index is 1.46. The summed E-state index contributed by atoms with van der Waals surface area (Å²) >= 11 is 0. The molecule has 0 bridgehead atoms. The van der Waals surface area contributed by atoms with Gasteiger partial charge >= 0.3 is 5.97 Å². The minimum Gasteiger partial charge on any atom is -0.480 e. The molecule has 3 fully saturated rings. The van der Waals surface area contributed by atoms with E-state index < -0.39 is 5.97 Å². The molecule has 1 saturated carbocycles. The first-order chi connectivity index (χ1) is 12.0. The van der Waals surface area contributed by atoms with Gasteiger partial charge in [0.2, 0.25) is 5.95 Å². The Morgan fingerprint density at radius 2 is 2.00 bits per heavy atom. The van der Waals surface area contributed by atoms with E-state index >= 15 is 0 Å². The summed E-state index contributed by atoms with van der Waals surface area (Å²) in [7, 11) is 1.94. The van der Waals surface area contributed by atoms with Gasteiger partial charge in [-0.3, -0.25) is 9.69 Å². The van der Waals surface area contributed by atoms with Crippen molar-refractivity contribution < 1.29 is 9.90 Å². The second-order valence-corrected chi connectivity index (χ2v) is 8.32. The lowest BCUT2D eigenvalue weighted by atomic mass is 9.76. The number of aryl methyl sites for hydroxylation is 1. The zero-order valence-electron chi connectivity index (χ0n) is 15.2. The van der Waals surface area contributed by atoms with Crippen molar-refractivity contribution >= 4 is 11.9 Å². The van der Waals surface area contributed by atoms with Crippen LogP contribution < -0.4 is 4.90 Å². The average Bonchev–Trinajstić information content (AvgIpc) is 2.82. The van der Waals surface area contributed by atoms with Gasteiger partial charge in [0.25, 0.3) is 0 Å². The molecule has 1 atom stereocenters. The van der Waals surface area contributed by atoms with E-state index in [1.165, 1.54) is 25.0 Å². The summed E-state index contributed by atoms with van der Waals surface area (Å²) in [6, 6.07) is 1.81. The maximum atomic E-state index is 11.4. The van der Waals surface area contributed by atoms with Crippen molar-refractivity contribution in [2.45, 2.75) is 57.4 Å². The number of likely N-dealkylation sites (N-methyl/N-ethyl adjacent to an activating group) is 1. The van der Waals surface area contributed by atoms with Gasteiger partial charge in [-0.2, -0.15) is 0 Å². The third kappa shape index (κ3) is 3.12. The smallest absolute Gasteiger partial charge is 0.320 e. The number of rotatable bonds is 3. The molecule has 3 heterocycles. The molecule has 0 aromatic carbocycles. The molecule has 2 aliphatic heterocycles. The molecule has 1 aromatic rings. The number of anilines is 1. The van der Waals surface area contributed by atoms with E-state index in [1.54, 1.807) is 0 Å². The van der Waals surface area contributed by atoms with Crippen molar-refractivity contribution in [3.63, 3.8) is 0 Å². The summed E-state index contributed by atoms with van der Waals surface area (Å²) in [6.45, 7) is 4.80. The fourth-order valence-electron chi connectivity index (χ4n) is 4.72. The van der Waals surface area contributed by atoms with Crippen LogP contribution in [-0.2, 0) is 4.79 Å². The molecule has 0 radical (unpaired) electrons. The molecule has 1 N–H and O–H groups in total. The van der Waals surface area contributed by atoms with Crippen molar-refractivity contribution in [2.24, 2.45) is 5.41 Å². The van der Waals surface area contributed by atoms with Crippen molar-refractivity contribution in [3.8, 4) is 0 Å². The van der Waals surface area contributed by atoms with E-state index in [-0.39, 0.29) is 11.5 Å². The van der Waals surface area contributed by atoms with Crippen LogP contribution in [0.15, 0.2) is 6.07 Å². The Morgan fingerprint density at radius 1 is 1.28 bits per heavy atom. The number of carbonyl (C=O) groups is 1. The van der Waals surface area contributed by atoms with Crippen LogP contribution in [0.5, 0.6) is 0 Å². The Labute approximate surface area is 149 Å². The van der Waals surface area contributed by atoms with Crippen LogP contribution in [0, 0.1) is 12.3 Å². The minimum atomic E-state index is -0.686.